The van der Waals surface area contributed by atoms with Crippen molar-refractivity contribution >= 4 is 41.0 Å². The summed E-state index contributed by atoms with van der Waals surface area (Å²) in [5, 5.41) is 15.1. The Morgan fingerprint density at radius 3 is 2.65 bits per heavy atom. The van der Waals surface area contributed by atoms with E-state index in [2.05, 4.69) is 22.7 Å². The van der Waals surface area contributed by atoms with Crippen molar-refractivity contribution in [2.24, 2.45) is 10.8 Å². The van der Waals surface area contributed by atoms with Gasteiger partial charge in [-0.3, -0.25) is 15.5 Å². The number of nitro benzene ring substituents is 1. The molecule has 0 heterocycles. The summed E-state index contributed by atoms with van der Waals surface area (Å²) in [7, 11) is 0. The van der Waals surface area contributed by atoms with Crippen LogP contribution in [0.5, 0.6) is 0 Å². The number of benzene rings is 2. The maximum absolute atomic E-state index is 11.3. The highest BCUT2D eigenvalue weighted by atomic mass is 32.2. The molecule has 2 rings (SSSR count). The van der Waals surface area contributed by atoms with Gasteiger partial charge in [-0.25, -0.2) is 0 Å². The predicted molar refractivity (Wildman–Crippen MR) is 95.9 cm³/mol. The maximum atomic E-state index is 11.3. The molecule has 2 aromatic carbocycles. The first-order chi connectivity index (χ1) is 11.0. The van der Waals surface area contributed by atoms with Crippen LogP contribution in [0, 0.1) is 17.0 Å². The topological polar surface area (TPSA) is 93.5 Å². The molecule has 0 atom stereocenters. The zero-order chi connectivity index (χ0) is 16.8. The van der Waals surface area contributed by atoms with E-state index >= 15 is 0 Å². The van der Waals surface area contributed by atoms with E-state index in [-0.39, 0.29) is 10.8 Å². The van der Waals surface area contributed by atoms with Crippen molar-refractivity contribution in [2.45, 2.75) is 16.7 Å². The van der Waals surface area contributed by atoms with Crippen molar-refractivity contribution in [3.05, 3.63) is 63.7 Å². The second kappa shape index (κ2) is 7.70. The van der Waals surface area contributed by atoms with Crippen LogP contribution in [0.2, 0.25) is 0 Å². The third-order valence-electron chi connectivity index (χ3n) is 2.82. The van der Waals surface area contributed by atoms with Gasteiger partial charge < -0.3 is 5.73 Å². The van der Waals surface area contributed by atoms with Crippen LogP contribution in [0.1, 0.15) is 11.1 Å². The minimum atomic E-state index is -0.408. The smallest absolute Gasteiger partial charge is 0.283 e. The highest BCUT2D eigenvalue weighted by Gasteiger charge is 2.15. The Morgan fingerprint density at radius 1 is 1.35 bits per heavy atom. The molecule has 0 aromatic heterocycles. The summed E-state index contributed by atoms with van der Waals surface area (Å²) < 4.78 is 0. The van der Waals surface area contributed by atoms with Crippen LogP contribution < -0.4 is 11.2 Å². The first-order valence-corrected chi connectivity index (χ1v) is 7.79. The normalized spacial score (nSPS) is 10.7. The highest BCUT2D eigenvalue weighted by molar-refractivity contribution is 7.99. The Kier molecular flexibility index (Phi) is 5.67. The van der Waals surface area contributed by atoms with Crippen LogP contribution in [0.3, 0.4) is 0 Å². The summed E-state index contributed by atoms with van der Waals surface area (Å²) in [5.74, 6) is 0. The van der Waals surface area contributed by atoms with E-state index in [1.807, 2.05) is 31.2 Å². The van der Waals surface area contributed by atoms with Gasteiger partial charge in [-0.15, -0.1) is 0 Å². The third-order valence-corrected chi connectivity index (χ3v) is 3.98. The van der Waals surface area contributed by atoms with E-state index in [0.29, 0.717) is 10.5 Å². The lowest BCUT2D eigenvalue weighted by atomic mass is 10.2. The van der Waals surface area contributed by atoms with Gasteiger partial charge in [0.25, 0.3) is 5.69 Å². The van der Waals surface area contributed by atoms with Gasteiger partial charge in [-0.1, -0.05) is 35.5 Å². The molecule has 0 saturated carbocycles. The lowest BCUT2D eigenvalue weighted by molar-refractivity contribution is -0.387. The summed E-state index contributed by atoms with van der Waals surface area (Å²) >= 11 is 5.97. The van der Waals surface area contributed by atoms with E-state index in [1.54, 1.807) is 12.1 Å². The van der Waals surface area contributed by atoms with Gasteiger partial charge in [0.1, 0.15) is 0 Å². The molecule has 0 aliphatic carbocycles. The summed E-state index contributed by atoms with van der Waals surface area (Å²) in [4.78, 5) is 12.4. The van der Waals surface area contributed by atoms with Crippen molar-refractivity contribution in [1.82, 2.24) is 5.43 Å². The Hall–Kier alpha value is -2.45. The lowest BCUT2D eigenvalue weighted by Crippen LogP contribution is -2.23. The molecule has 23 heavy (non-hydrogen) atoms. The van der Waals surface area contributed by atoms with Crippen LogP contribution in [0.15, 0.2) is 57.4 Å². The average Bonchev–Trinajstić information content (AvgIpc) is 2.50. The molecule has 0 saturated heterocycles. The maximum Gasteiger partial charge on any atom is 0.283 e. The quantitative estimate of drug-likeness (QED) is 0.374. The molecule has 118 valence electrons. The SMILES string of the molecule is Cc1ccc(Sc2ccc(C=NNC(N)=S)cc2[N+](=O)[O-])cc1. The van der Waals surface area contributed by atoms with Crippen LogP contribution in [-0.4, -0.2) is 16.3 Å². The van der Waals surface area contributed by atoms with Gasteiger partial charge in [0.2, 0.25) is 0 Å². The molecule has 8 heteroatoms. The third kappa shape index (κ3) is 5.04. The summed E-state index contributed by atoms with van der Waals surface area (Å²) in [5.41, 5.74) is 9.40. The van der Waals surface area contributed by atoms with Crippen molar-refractivity contribution in [3.8, 4) is 0 Å². The monoisotopic (exact) mass is 346 g/mol. The van der Waals surface area contributed by atoms with E-state index in [4.69, 9.17) is 5.73 Å². The van der Waals surface area contributed by atoms with E-state index in [1.165, 1.54) is 24.0 Å². The Bertz CT molecular complexity index is 761. The molecular formula is C15H14N4O2S2. The second-order valence-electron chi connectivity index (χ2n) is 4.63. The molecule has 0 radical (unpaired) electrons. The second-order valence-corrected chi connectivity index (χ2v) is 6.19. The van der Waals surface area contributed by atoms with E-state index in [9.17, 15) is 10.1 Å². The lowest BCUT2D eigenvalue weighted by Gasteiger charge is -2.04. The van der Waals surface area contributed by atoms with Crippen LogP contribution in [-0.2, 0) is 0 Å². The zero-order valence-corrected chi connectivity index (χ0v) is 13.9. The number of hydrogen-bond acceptors (Lipinski definition) is 5. The van der Waals surface area contributed by atoms with E-state index in [0.717, 1.165) is 10.5 Å². The first kappa shape index (κ1) is 16.9. The molecule has 6 nitrogen and oxygen atoms in total. The molecular weight excluding hydrogens is 332 g/mol. The number of nitrogens with one attached hydrogen (secondary N) is 1. The fourth-order valence-corrected chi connectivity index (χ4v) is 2.70. The van der Waals surface area contributed by atoms with Crippen molar-refractivity contribution in [1.29, 1.82) is 0 Å². The number of hydrogen-bond donors (Lipinski definition) is 2. The molecule has 0 fully saturated rings. The number of nitrogens with zero attached hydrogens (tertiary/aromatic N) is 2. The van der Waals surface area contributed by atoms with Crippen molar-refractivity contribution < 1.29 is 4.92 Å². The molecule has 0 amide bonds. The Morgan fingerprint density at radius 2 is 2.04 bits per heavy atom. The Labute approximate surface area is 142 Å². The van der Waals surface area contributed by atoms with Gasteiger partial charge in [-0.2, -0.15) is 5.10 Å². The fourth-order valence-electron chi connectivity index (χ4n) is 1.75. The summed E-state index contributed by atoms with van der Waals surface area (Å²) in [6.45, 7) is 1.99. The zero-order valence-electron chi connectivity index (χ0n) is 12.2. The molecule has 0 unspecified atom stereocenters. The fraction of sp³-hybridized carbons (Fsp3) is 0.0667. The number of nitro groups is 1. The first-order valence-electron chi connectivity index (χ1n) is 6.57. The highest BCUT2D eigenvalue weighted by Crippen LogP contribution is 2.35. The van der Waals surface area contributed by atoms with Gasteiger partial charge in [0.05, 0.1) is 16.0 Å². The minimum absolute atomic E-state index is 0.0230. The number of rotatable bonds is 5. The number of aryl methyl sites for hydroxylation is 1. The summed E-state index contributed by atoms with van der Waals surface area (Å²) in [6, 6.07) is 12.7. The Balaban J connectivity index is 2.25. The molecule has 0 aliphatic rings. The van der Waals surface area contributed by atoms with Crippen LogP contribution >= 0.6 is 24.0 Å². The van der Waals surface area contributed by atoms with Gasteiger partial charge >= 0.3 is 0 Å². The van der Waals surface area contributed by atoms with Gasteiger partial charge in [0, 0.05) is 16.5 Å². The molecule has 0 bridgehead atoms. The van der Waals surface area contributed by atoms with Gasteiger partial charge in [-0.05, 0) is 37.3 Å². The standard InChI is InChI=1S/C15H14N4O2S2/c1-10-2-5-12(6-3-10)23-14-7-4-11(8-13(14)19(20)21)9-17-18-15(16)22/h2-9H,1H3,(H3,16,18,22). The van der Waals surface area contributed by atoms with Crippen LogP contribution in [0.4, 0.5) is 5.69 Å². The van der Waals surface area contributed by atoms with Crippen molar-refractivity contribution in [2.75, 3.05) is 0 Å². The van der Waals surface area contributed by atoms with E-state index < -0.39 is 4.92 Å². The van der Waals surface area contributed by atoms with Crippen molar-refractivity contribution in [3.63, 3.8) is 0 Å². The molecule has 3 N–H and O–H groups in total. The van der Waals surface area contributed by atoms with Gasteiger partial charge in [0.15, 0.2) is 5.11 Å². The number of nitrogens with two attached hydrogens (primary N) is 1. The molecule has 2 aromatic rings. The number of thiocarbonyl (C=S) groups is 1. The average molecular weight is 346 g/mol. The minimum Gasteiger partial charge on any atom is -0.375 e. The number of hydrazone groups is 1. The molecule has 0 spiro atoms. The largest absolute Gasteiger partial charge is 0.375 e. The van der Waals surface area contributed by atoms with Crippen LogP contribution in [0.25, 0.3) is 0 Å². The summed E-state index contributed by atoms with van der Waals surface area (Å²) in [6.07, 6.45) is 1.42. The molecule has 0 aliphatic heterocycles. The predicted octanol–water partition coefficient (Wildman–Crippen LogP) is 3.22.